The predicted molar refractivity (Wildman–Crippen MR) is 67.0 cm³/mol. The van der Waals surface area contributed by atoms with Crippen LogP contribution in [0.1, 0.15) is 0 Å². The maximum Gasteiger partial charge on any atom is 0.334 e. The largest absolute Gasteiger partial charge is 0.479 e. The van der Waals surface area contributed by atoms with Gasteiger partial charge in [-0.2, -0.15) is 0 Å². The number of nitrogens with zero attached hydrogens (tertiary/aromatic N) is 3. The number of hydrogen-bond donors (Lipinski definition) is 1. The number of hydrogen-bond acceptors (Lipinski definition) is 6. The van der Waals surface area contributed by atoms with Crippen LogP contribution in [-0.4, -0.2) is 46.8 Å². The van der Waals surface area contributed by atoms with E-state index in [-0.39, 0.29) is 0 Å². The summed E-state index contributed by atoms with van der Waals surface area (Å²) in [5.74, 6) is -0.147. The lowest BCUT2D eigenvalue weighted by Gasteiger charge is -2.31. The number of anilines is 1. The van der Waals surface area contributed by atoms with Crippen molar-refractivity contribution in [3.05, 3.63) is 17.8 Å². The van der Waals surface area contributed by atoms with Crippen molar-refractivity contribution in [2.24, 2.45) is 0 Å². The van der Waals surface area contributed by atoms with Crippen LogP contribution in [0.5, 0.6) is 0 Å². The molecule has 0 spiro atoms. The quantitative estimate of drug-likeness (QED) is 0.872. The Morgan fingerprint density at radius 2 is 2.44 bits per heavy atom. The topological polar surface area (TPSA) is 75.5 Å². The highest BCUT2D eigenvalue weighted by molar-refractivity contribution is 7.16. The molecule has 0 radical (unpaired) electrons. The third kappa shape index (κ3) is 1.91. The second-order valence-corrected chi connectivity index (χ2v) is 4.87. The zero-order valence-corrected chi connectivity index (χ0v) is 10.3. The summed E-state index contributed by atoms with van der Waals surface area (Å²) in [6.45, 7) is 1.36. The van der Waals surface area contributed by atoms with E-state index in [1.807, 2.05) is 16.3 Å². The Morgan fingerprint density at radius 3 is 3.28 bits per heavy atom. The molecular formula is C11H11N3O3S. The van der Waals surface area contributed by atoms with E-state index >= 15 is 0 Å². The fraction of sp³-hybridized carbons (Fsp3) is 0.364. The van der Waals surface area contributed by atoms with Crippen molar-refractivity contribution < 1.29 is 14.6 Å². The molecule has 1 fully saturated rings. The van der Waals surface area contributed by atoms with E-state index in [2.05, 4.69) is 9.97 Å². The lowest BCUT2D eigenvalue weighted by atomic mass is 10.2. The molecule has 1 atom stereocenters. The van der Waals surface area contributed by atoms with Crippen LogP contribution in [0.15, 0.2) is 17.8 Å². The molecule has 3 heterocycles. The van der Waals surface area contributed by atoms with Gasteiger partial charge in [0.2, 0.25) is 0 Å². The zero-order chi connectivity index (χ0) is 12.5. The van der Waals surface area contributed by atoms with Crippen molar-refractivity contribution in [2.75, 3.05) is 24.6 Å². The first kappa shape index (κ1) is 11.4. The molecule has 18 heavy (non-hydrogen) atoms. The highest BCUT2D eigenvalue weighted by Gasteiger charge is 2.27. The van der Waals surface area contributed by atoms with Gasteiger partial charge in [-0.25, -0.2) is 14.8 Å². The molecule has 1 aliphatic heterocycles. The van der Waals surface area contributed by atoms with E-state index in [9.17, 15) is 4.79 Å². The van der Waals surface area contributed by atoms with Crippen LogP contribution in [0.4, 0.5) is 5.82 Å². The highest BCUT2D eigenvalue weighted by Crippen LogP contribution is 2.27. The SMILES string of the molecule is O=C(O)C1CN(c2ncnc3sccc23)CCO1. The molecule has 0 aromatic carbocycles. The summed E-state index contributed by atoms with van der Waals surface area (Å²) in [5.41, 5.74) is 0. The van der Waals surface area contributed by atoms with Gasteiger partial charge in [-0.3, -0.25) is 0 Å². The fourth-order valence-corrected chi connectivity index (χ4v) is 2.75. The molecule has 0 bridgehead atoms. The van der Waals surface area contributed by atoms with Gasteiger partial charge in [0.1, 0.15) is 17.0 Å². The lowest BCUT2D eigenvalue weighted by Crippen LogP contribution is -2.46. The van der Waals surface area contributed by atoms with Gasteiger partial charge in [0.25, 0.3) is 0 Å². The summed E-state index contributed by atoms with van der Waals surface area (Å²) in [7, 11) is 0. The smallest absolute Gasteiger partial charge is 0.334 e. The molecule has 3 rings (SSSR count). The average Bonchev–Trinajstić information content (AvgIpc) is 2.87. The lowest BCUT2D eigenvalue weighted by molar-refractivity contribution is -0.150. The molecule has 1 N–H and O–H groups in total. The number of thiophene rings is 1. The fourth-order valence-electron chi connectivity index (χ4n) is 2.02. The zero-order valence-electron chi connectivity index (χ0n) is 9.44. The van der Waals surface area contributed by atoms with Gasteiger partial charge in [0, 0.05) is 6.54 Å². The Morgan fingerprint density at radius 1 is 1.56 bits per heavy atom. The van der Waals surface area contributed by atoms with Crippen LogP contribution in [-0.2, 0) is 9.53 Å². The predicted octanol–water partition coefficient (Wildman–Crippen LogP) is 0.981. The molecule has 7 heteroatoms. The molecule has 6 nitrogen and oxygen atoms in total. The summed E-state index contributed by atoms with van der Waals surface area (Å²) < 4.78 is 5.20. The van der Waals surface area contributed by atoms with Gasteiger partial charge < -0.3 is 14.7 Å². The minimum Gasteiger partial charge on any atom is -0.479 e. The van der Waals surface area contributed by atoms with Crippen molar-refractivity contribution >= 4 is 33.3 Å². The Hall–Kier alpha value is -1.73. The number of aliphatic carboxylic acids is 1. The minimum atomic E-state index is -0.935. The third-order valence-corrected chi connectivity index (χ3v) is 3.70. The number of ether oxygens (including phenoxy) is 1. The van der Waals surface area contributed by atoms with E-state index < -0.39 is 12.1 Å². The van der Waals surface area contributed by atoms with Crippen LogP contribution in [0.3, 0.4) is 0 Å². The normalized spacial score (nSPS) is 20.2. The molecule has 0 saturated carbocycles. The molecule has 1 unspecified atom stereocenters. The molecule has 2 aromatic heterocycles. The van der Waals surface area contributed by atoms with Crippen molar-refractivity contribution in [3.63, 3.8) is 0 Å². The maximum absolute atomic E-state index is 11.0. The van der Waals surface area contributed by atoms with Gasteiger partial charge in [0.15, 0.2) is 6.10 Å². The van der Waals surface area contributed by atoms with Crippen molar-refractivity contribution in [2.45, 2.75) is 6.10 Å². The first-order chi connectivity index (χ1) is 8.75. The Kier molecular flexibility index (Phi) is 2.85. The van der Waals surface area contributed by atoms with Gasteiger partial charge in [-0.15, -0.1) is 11.3 Å². The second-order valence-electron chi connectivity index (χ2n) is 3.98. The highest BCUT2D eigenvalue weighted by atomic mass is 32.1. The molecular weight excluding hydrogens is 254 g/mol. The average molecular weight is 265 g/mol. The van der Waals surface area contributed by atoms with Gasteiger partial charge in [-0.1, -0.05) is 0 Å². The summed E-state index contributed by atoms with van der Waals surface area (Å²) in [6, 6.07) is 1.96. The Balaban J connectivity index is 1.94. The molecule has 0 aliphatic carbocycles. The van der Waals surface area contributed by atoms with Crippen molar-refractivity contribution in [1.82, 2.24) is 9.97 Å². The molecule has 2 aromatic rings. The number of carboxylic acid groups (broad SMARTS) is 1. The second kappa shape index (κ2) is 4.51. The summed E-state index contributed by atoms with van der Waals surface area (Å²) in [6.07, 6.45) is 0.724. The Labute approximate surface area is 107 Å². The van der Waals surface area contributed by atoms with E-state index in [0.29, 0.717) is 19.7 Å². The number of carbonyl (C=O) groups is 1. The first-order valence-corrected chi connectivity index (χ1v) is 6.41. The van der Waals surface area contributed by atoms with Crippen LogP contribution >= 0.6 is 11.3 Å². The van der Waals surface area contributed by atoms with Crippen molar-refractivity contribution in [1.29, 1.82) is 0 Å². The van der Waals surface area contributed by atoms with E-state index in [1.54, 1.807) is 11.3 Å². The number of aromatic nitrogens is 2. The number of carboxylic acids is 1. The molecule has 0 amide bonds. The van der Waals surface area contributed by atoms with E-state index in [1.165, 1.54) is 6.33 Å². The molecule has 1 aliphatic rings. The Bertz CT molecular complexity index is 586. The third-order valence-electron chi connectivity index (χ3n) is 2.88. The van der Waals surface area contributed by atoms with Crippen molar-refractivity contribution in [3.8, 4) is 0 Å². The first-order valence-electron chi connectivity index (χ1n) is 5.53. The van der Waals surface area contributed by atoms with Gasteiger partial charge in [-0.05, 0) is 11.4 Å². The summed E-state index contributed by atoms with van der Waals surface area (Å²) >= 11 is 1.55. The van der Waals surface area contributed by atoms with Crippen LogP contribution in [0, 0.1) is 0 Å². The summed E-state index contributed by atoms with van der Waals surface area (Å²) in [4.78, 5) is 22.3. The van der Waals surface area contributed by atoms with Gasteiger partial charge in [0.05, 0.1) is 18.5 Å². The minimum absolute atomic E-state index is 0.317. The molecule has 94 valence electrons. The maximum atomic E-state index is 11.0. The van der Waals surface area contributed by atoms with E-state index in [0.717, 1.165) is 16.0 Å². The summed E-state index contributed by atoms with van der Waals surface area (Å²) in [5, 5.41) is 11.9. The van der Waals surface area contributed by atoms with Crippen LogP contribution in [0.25, 0.3) is 10.2 Å². The monoisotopic (exact) mass is 265 g/mol. The van der Waals surface area contributed by atoms with Crippen LogP contribution < -0.4 is 4.90 Å². The number of morpholine rings is 1. The standard InChI is InChI=1S/C11H11N3O3S/c15-11(16)8-5-14(2-3-17-8)9-7-1-4-18-10(7)13-6-12-9/h1,4,6,8H,2-3,5H2,(H,15,16). The van der Waals surface area contributed by atoms with Crippen LogP contribution in [0.2, 0.25) is 0 Å². The van der Waals surface area contributed by atoms with E-state index in [4.69, 9.17) is 9.84 Å². The molecule has 1 saturated heterocycles. The number of fused-ring (bicyclic) bond motifs is 1. The number of rotatable bonds is 2. The van der Waals surface area contributed by atoms with Gasteiger partial charge >= 0.3 is 5.97 Å².